The smallest absolute Gasteiger partial charge is 0.223 e. The number of aromatic nitrogens is 1. The van der Waals surface area contributed by atoms with Crippen molar-refractivity contribution in [1.29, 1.82) is 0 Å². The van der Waals surface area contributed by atoms with Gasteiger partial charge in [0.2, 0.25) is 5.91 Å². The predicted molar refractivity (Wildman–Crippen MR) is 99.6 cm³/mol. The van der Waals surface area contributed by atoms with Crippen LogP contribution in [0.15, 0.2) is 34.9 Å². The van der Waals surface area contributed by atoms with Gasteiger partial charge in [-0.15, -0.1) is 0 Å². The summed E-state index contributed by atoms with van der Waals surface area (Å²) in [4.78, 5) is 16.8. The van der Waals surface area contributed by atoms with E-state index in [0.29, 0.717) is 30.3 Å². The Balaban J connectivity index is 1.66. The maximum absolute atomic E-state index is 12.7. The summed E-state index contributed by atoms with van der Waals surface area (Å²) >= 11 is 5.75. The van der Waals surface area contributed by atoms with E-state index in [9.17, 15) is 4.79 Å². The van der Waals surface area contributed by atoms with Crippen molar-refractivity contribution < 1.29 is 14.1 Å². The van der Waals surface area contributed by atoms with E-state index >= 15 is 0 Å². The molecule has 1 aromatic heterocycles. The number of carbonyl (C=O) groups is 1. The first-order chi connectivity index (χ1) is 12.5. The van der Waals surface area contributed by atoms with Gasteiger partial charge in [0.05, 0.1) is 7.11 Å². The van der Waals surface area contributed by atoms with Crippen LogP contribution in [0.3, 0.4) is 0 Å². The van der Waals surface area contributed by atoms with Crippen molar-refractivity contribution >= 4 is 17.5 Å². The highest BCUT2D eigenvalue weighted by atomic mass is 35.5. The van der Waals surface area contributed by atoms with Crippen LogP contribution in [0.4, 0.5) is 0 Å². The first-order valence-corrected chi connectivity index (χ1v) is 9.05. The summed E-state index contributed by atoms with van der Waals surface area (Å²) in [5.74, 6) is 1.88. The van der Waals surface area contributed by atoms with Gasteiger partial charge in [0.15, 0.2) is 5.15 Å². The molecule has 1 fully saturated rings. The largest absolute Gasteiger partial charge is 0.497 e. The molecule has 3 rings (SSSR count). The second kappa shape index (κ2) is 8.10. The lowest BCUT2D eigenvalue weighted by Gasteiger charge is -2.25. The van der Waals surface area contributed by atoms with Crippen molar-refractivity contribution in [2.75, 3.05) is 34.3 Å². The Hall–Kier alpha value is -2.05. The summed E-state index contributed by atoms with van der Waals surface area (Å²) in [5.41, 5.74) is 1.22. The van der Waals surface area contributed by atoms with Crippen molar-refractivity contribution in [1.82, 2.24) is 15.0 Å². The van der Waals surface area contributed by atoms with Crippen molar-refractivity contribution in [3.05, 3.63) is 46.8 Å². The van der Waals surface area contributed by atoms with Gasteiger partial charge in [-0.3, -0.25) is 4.79 Å². The number of likely N-dealkylation sites (N-methyl/N-ethyl adjacent to an activating group) is 1. The molecule has 0 aliphatic carbocycles. The zero-order valence-electron chi connectivity index (χ0n) is 15.3. The van der Waals surface area contributed by atoms with Crippen LogP contribution < -0.4 is 4.74 Å². The van der Waals surface area contributed by atoms with Crippen LogP contribution in [0.25, 0.3) is 0 Å². The number of hydrogen-bond donors (Lipinski definition) is 0. The molecular weight excluding hydrogens is 354 g/mol. The molecule has 1 amide bonds. The van der Waals surface area contributed by atoms with Crippen molar-refractivity contribution in [3.8, 4) is 5.75 Å². The zero-order valence-corrected chi connectivity index (χ0v) is 16.1. The van der Waals surface area contributed by atoms with Gasteiger partial charge in [0, 0.05) is 44.0 Å². The van der Waals surface area contributed by atoms with Gasteiger partial charge in [0.1, 0.15) is 11.5 Å². The fourth-order valence-corrected chi connectivity index (χ4v) is 3.64. The quantitative estimate of drug-likeness (QED) is 0.774. The molecule has 0 saturated carbocycles. The van der Waals surface area contributed by atoms with Gasteiger partial charge in [-0.25, -0.2) is 0 Å². The average molecular weight is 378 g/mol. The number of methoxy groups -OCH3 is 1. The van der Waals surface area contributed by atoms with Crippen LogP contribution in [-0.4, -0.2) is 61.2 Å². The molecule has 1 aromatic carbocycles. The number of ether oxygens (including phenoxy) is 1. The van der Waals surface area contributed by atoms with Gasteiger partial charge in [0.25, 0.3) is 0 Å². The second-order valence-electron chi connectivity index (χ2n) is 6.83. The van der Waals surface area contributed by atoms with Crippen LogP contribution in [0.2, 0.25) is 5.15 Å². The highest BCUT2D eigenvalue weighted by molar-refractivity contribution is 6.29. The summed E-state index contributed by atoms with van der Waals surface area (Å²) in [6.07, 6.45) is 0.899. The minimum atomic E-state index is 0.125. The molecule has 1 aliphatic rings. The van der Waals surface area contributed by atoms with Gasteiger partial charge < -0.3 is 19.1 Å². The average Bonchev–Trinajstić information content (AvgIpc) is 3.26. The maximum atomic E-state index is 12.7. The van der Waals surface area contributed by atoms with Crippen LogP contribution in [0.1, 0.15) is 23.7 Å². The fraction of sp³-hybridized carbons (Fsp3) is 0.474. The van der Waals surface area contributed by atoms with Crippen LogP contribution >= 0.6 is 11.6 Å². The number of likely N-dealkylation sites (tertiary alicyclic amines) is 1. The summed E-state index contributed by atoms with van der Waals surface area (Å²) in [6.45, 7) is 1.44. The molecule has 0 unspecified atom stereocenters. The number of aryl methyl sites for hydroxylation is 1. The van der Waals surface area contributed by atoms with Crippen LogP contribution in [0.5, 0.6) is 5.75 Å². The highest BCUT2D eigenvalue weighted by Gasteiger charge is 2.37. The molecule has 2 aromatic rings. The molecule has 26 heavy (non-hydrogen) atoms. The van der Waals surface area contributed by atoms with E-state index in [1.165, 1.54) is 5.56 Å². The number of halogens is 1. The van der Waals surface area contributed by atoms with Crippen LogP contribution in [0, 0.1) is 0 Å². The lowest BCUT2D eigenvalue weighted by molar-refractivity contribution is -0.130. The Bertz CT molecular complexity index is 745. The Morgan fingerprint density at radius 2 is 2.08 bits per heavy atom. The standard InChI is InChI=1S/C19H24ClN3O3/c1-22(2)17-12-23(19(24)9-8-15-10-18(20)21-26-15)11-16(17)13-4-6-14(25-3)7-5-13/h4-7,10,16-17H,8-9,11-12H2,1-3H3/t16-,17+/m0/s1. The summed E-state index contributed by atoms with van der Waals surface area (Å²) in [6, 6.07) is 10.1. The van der Waals surface area contributed by atoms with E-state index in [2.05, 4.69) is 36.3 Å². The maximum Gasteiger partial charge on any atom is 0.223 e. The first-order valence-electron chi connectivity index (χ1n) is 8.67. The lowest BCUT2D eigenvalue weighted by atomic mass is 9.93. The monoisotopic (exact) mass is 377 g/mol. The molecule has 1 aliphatic heterocycles. The molecule has 2 atom stereocenters. The summed E-state index contributed by atoms with van der Waals surface area (Å²) in [7, 11) is 5.78. The molecule has 0 spiro atoms. The first kappa shape index (κ1) is 18.7. The molecule has 0 radical (unpaired) electrons. The van der Waals surface area contributed by atoms with E-state index in [1.807, 2.05) is 17.0 Å². The molecule has 1 saturated heterocycles. The normalized spacial score (nSPS) is 20.0. The molecule has 0 N–H and O–H groups in total. The molecule has 140 valence electrons. The number of carbonyl (C=O) groups excluding carboxylic acids is 1. The minimum Gasteiger partial charge on any atom is -0.497 e. The molecule has 2 heterocycles. The zero-order chi connectivity index (χ0) is 18.7. The highest BCUT2D eigenvalue weighted by Crippen LogP contribution is 2.31. The molecule has 0 bridgehead atoms. The third-order valence-electron chi connectivity index (χ3n) is 4.96. The van der Waals surface area contributed by atoms with Crippen molar-refractivity contribution in [2.24, 2.45) is 0 Å². The number of nitrogens with zero attached hydrogens (tertiary/aromatic N) is 3. The Kier molecular flexibility index (Phi) is 5.84. The number of amides is 1. The van der Waals surface area contributed by atoms with E-state index < -0.39 is 0 Å². The summed E-state index contributed by atoms with van der Waals surface area (Å²) in [5, 5.41) is 3.96. The molecule has 6 nitrogen and oxygen atoms in total. The molecule has 7 heteroatoms. The molecular formula is C19H24ClN3O3. The van der Waals surface area contributed by atoms with Crippen molar-refractivity contribution in [3.63, 3.8) is 0 Å². The summed E-state index contributed by atoms with van der Waals surface area (Å²) < 4.78 is 10.3. The number of hydrogen-bond acceptors (Lipinski definition) is 5. The predicted octanol–water partition coefficient (Wildman–Crippen LogP) is 2.83. The number of benzene rings is 1. The van der Waals surface area contributed by atoms with Crippen molar-refractivity contribution in [2.45, 2.75) is 24.8 Å². The van der Waals surface area contributed by atoms with Gasteiger partial charge in [-0.05, 0) is 31.8 Å². The van der Waals surface area contributed by atoms with E-state index in [-0.39, 0.29) is 17.9 Å². The van der Waals surface area contributed by atoms with Gasteiger partial charge in [-0.1, -0.05) is 28.9 Å². The van der Waals surface area contributed by atoms with Crippen LogP contribution in [-0.2, 0) is 11.2 Å². The Morgan fingerprint density at radius 1 is 1.35 bits per heavy atom. The fourth-order valence-electron chi connectivity index (χ4n) is 3.49. The Morgan fingerprint density at radius 3 is 2.65 bits per heavy atom. The third kappa shape index (κ3) is 4.19. The van der Waals surface area contributed by atoms with E-state index in [0.717, 1.165) is 12.3 Å². The second-order valence-corrected chi connectivity index (χ2v) is 7.21. The van der Waals surface area contributed by atoms with Gasteiger partial charge >= 0.3 is 0 Å². The lowest BCUT2D eigenvalue weighted by Crippen LogP contribution is -2.35. The van der Waals surface area contributed by atoms with Gasteiger partial charge in [-0.2, -0.15) is 0 Å². The Labute approximate surface area is 158 Å². The SMILES string of the molecule is COc1ccc([C@@H]2CN(C(=O)CCc3cc(Cl)no3)C[C@H]2N(C)C)cc1. The van der Waals surface area contributed by atoms with E-state index in [1.54, 1.807) is 13.2 Å². The minimum absolute atomic E-state index is 0.125. The topological polar surface area (TPSA) is 58.8 Å². The third-order valence-corrected chi connectivity index (χ3v) is 5.14. The van der Waals surface area contributed by atoms with E-state index in [4.69, 9.17) is 20.9 Å². The number of rotatable bonds is 6.